The summed E-state index contributed by atoms with van der Waals surface area (Å²) in [6.07, 6.45) is 114. The number of rotatable bonds is 73. The van der Waals surface area contributed by atoms with E-state index in [0.29, 0.717) is 6.42 Å². The summed E-state index contributed by atoms with van der Waals surface area (Å²) in [5.41, 5.74) is 5.41. The van der Waals surface area contributed by atoms with E-state index in [1.165, 1.54) is 199 Å². The van der Waals surface area contributed by atoms with Crippen LogP contribution in [0.5, 0.6) is 0 Å². The van der Waals surface area contributed by atoms with Gasteiger partial charge in [-0.2, -0.15) is 0 Å². The first-order valence-electron chi connectivity index (χ1n) is 39.3. The second-order valence-corrected chi connectivity index (χ2v) is 27.3. The van der Waals surface area contributed by atoms with Gasteiger partial charge in [0.05, 0.1) is 13.2 Å². The third-order valence-electron chi connectivity index (χ3n) is 16.7. The molecule has 0 saturated carbocycles. The van der Waals surface area contributed by atoms with Gasteiger partial charge in [-0.1, -0.05) is 359 Å². The molecule has 0 spiro atoms. The van der Waals surface area contributed by atoms with Crippen LogP contribution in [0.4, 0.5) is 0 Å². The quantitative estimate of drug-likeness (QED) is 0.0264. The van der Waals surface area contributed by atoms with Gasteiger partial charge < -0.3 is 20.1 Å². The first-order chi connectivity index (χ1) is 46.8. The molecule has 0 aromatic carbocycles. The minimum Gasteiger partial charge on any atom is -0.462 e. The molecule has 0 aliphatic rings. The summed E-state index contributed by atoms with van der Waals surface area (Å²) in [5, 5.41) is 0. The van der Waals surface area contributed by atoms with Crippen LogP contribution in [0.1, 0.15) is 348 Å². The van der Waals surface area contributed by atoms with Crippen LogP contribution in [0.25, 0.3) is 0 Å². The predicted octanol–water partition coefficient (Wildman–Crippen LogP) is 26.5. The van der Waals surface area contributed by atoms with Gasteiger partial charge in [-0.25, -0.2) is 4.57 Å². The van der Waals surface area contributed by atoms with Crippen LogP contribution in [0, 0.1) is 0 Å². The average molecular weight is 1340 g/mol. The van der Waals surface area contributed by atoms with E-state index in [2.05, 4.69) is 160 Å². The molecule has 0 aromatic heterocycles. The molecule has 0 rings (SSSR count). The van der Waals surface area contributed by atoms with Crippen LogP contribution < -0.4 is 5.73 Å². The number of allylic oxidation sites excluding steroid dienone is 24. The lowest BCUT2D eigenvalue weighted by Gasteiger charge is -2.19. The number of unbranched alkanes of at least 4 members (excludes halogenated alkanes) is 36. The van der Waals surface area contributed by atoms with Crippen molar-refractivity contribution in [1.82, 2.24) is 0 Å². The maximum atomic E-state index is 12.8. The fraction of sp³-hybridized carbons (Fsp3) is 0.694. The Hall–Kier alpha value is -4.11. The topological polar surface area (TPSA) is 134 Å². The second-order valence-electron chi connectivity index (χ2n) is 25.8. The normalized spacial score (nSPS) is 13.7. The maximum absolute atomic E-state index is 12.8. The number of phosphoric acid groups is 1. The van der Waals surface area contributed by atoms with Gasteiger partial charge in [0.25, 0.3) is 0 Å². The van der Waals surface area contributed by atoms with Gasteiger partial charge in [-0.05, 0) is 122 Å². The molecule has 0 amide bonds. The number of hydrogen-bond acceptors (Lipinski definition) is 8. The van der Waals surface area contributed by atoms with E-state index in [1.807, 2.05) is 0 Å². The highest BCUT2D eigenvalue weighted by Gasteiger charge is 2.26. The van der Waals surface area contributed by atoms with Crippen molar-refractivity contribution in [3.05, 3.63) is 146 Å². The van der Waals surface area contributed by atoms with E-state index in [-0.39, 0.29) is 38.6 Å². The first kappa shape index (κ1) is 90.9. The largest absolute Gasteiger partial charge is 0.472 e. The van der Waals surface area contributed by atoms with E-state index in [4.69, 9.17) is 24.3 Å². The summed E-state index contributed by atoms with van der Waals surface area (Å²) in [6, 6.07) is 0. The summed E-state index contributed by atoms with van der Waals surface area (Å²) in [6.45, 7) is 3.61. The molecular weight excluding hydrogens is 1190 g/mol. The Bertz CT molecular complexity index is 2080. The van der Waals surface area contributed by atoms with Crippen molar-refractivity contribution in [2.45, 2.75) is 354 Å². The molecule has 2 unspecified atom stereocenters. The van der Waals surface area contributed by atoms with Gasteiger partial charge in [0, 0.05) is 19.4 Å². The van der Waals surface area contributed by atoms with E-state index >= 15 is 0 Å². The van der Waals surface area contributed by atoms with Gasteiger partial charge in [-0.3, -0.25) is 18.6 Å². The third kappa shape index (κ3) is 78.8. The highest BCUT2D eigenvalue weighted by atomic mass is 31.2. The van der Waals surface area contributed by atoms with Crippen molar-refractivity contribution in [2.24, 2.45) is 5.73 Å². The van der Waals surface area contributed by atoms with Gasteiger partial charge in [0.1, 0.15) is 6.61 Å². The lowest BCUT2D eigenvalue weighted by atomic mass is 10.0. The molecule has 0 aliphatic heterocycles. The zero-order chi connectivity index (χ0) is 68.6. The standard InChI is InChI=1S/C85H146NO8P/c1-3-5-7-9-11-13-15-17-19-21-23-25-27-29-31-33-35-37-39-40-41-42-44-45-47-49-51-53-55-57-59-61-63-65-67-69-71-73-75-77-84(87)91-81-83(82-93-95(89,90)92-80-79-86)94-85(88)78-76-74-72-70-68-66-64-62-60-58-56-54-52-50-48-46-43-38-36-34-32-30-28-26-24-22-20-18-16-14-12-10-8-6-4-2/h6,8,12,14-15,17-18,20-21,23-24,26,30,32,36,38,46,48,52,54,58,60,64,66,83H,3-5,7,9-11,13,16,19,22,25,27-29,31,33-35,37,39-45,47,49-51,53,55-57,59,61-63,65,67-82,86H2,1-2H3,(H,89,90)/b8-6-,14-12-,17-15-,20-18-,23-21-,26-24-,32-30-,38-36-,48-46-,54-52-,60-58-,66-64-. The van der Waals surface area contributed by atoms with Crippen LogP contribution >= 0.6 is 7.82 Å². The van der Waals surface area contributed by atoms with Gasteiger partial charge in [-0.15, -0.1) is 0 Å². The first-order valence-corrected chi connectivity index (χ1v) is 40.8. The monoisotopic (exact) mass is 1340 g/mol. The fourth-order valence-electron chi connectivity index (χ4n) is 10.9. The summed E-state index contributed by atoms with van der Waals surface area (Å²) < 4.78 is 33.2. The molecule has 0 bridgehead atoms. The molecule has 95 heavy (non-hydrogen) atoms. The summed E-state index contributed by atoms with van der Waals surface area (Å²) in [7, 11) is -4.41. The van der Waals surface area contributed by atoms with Crippen LogP contribution in [0.3, 0.4) is 0 Å². The Labute approximate surface area is 586 Å². The summed E-state index contributed by atoms with van der Waals surface area (Å²) in [4.78, 5) is 35.4. The molecule has 544 valence electrons. The van der Waals surface area contributed by atoms with Crippen molar-refractivity contribution in [2.75, 3.05) is 26.4 Å². The molecule has 0 saturated heterocycles. The number of hydrogen-bond donors (Lipinski definition) is 2. The van der Waals surface area contributed by atoms with E-state index in [1.54, 1.807) is 0 Å². The molecule has 9 nitrogen and oxygen atoms in total. The Morgan fingerprint density at radius 2 is 0.579 bits per heavy atom. The molecule has 0 aromatic rings. The van der Waals surface area contributed by atoms with Crippen molar-refractivity contribution in [3.8, 4) is 0 Å². The van der Waals surface area contributed by atoms with Crippen molar-refractivity contribution >= 4 is 19.8 Å². The van der Waals surface area contributed by atoms with E-state index in [0.717, 1.165) is 116 Å². The SMILES string of the molecule is CC/C=C\C/C=C\C/C=C\C/C=C\C/C=C\C/C=C\C/C=C\C/C=C\C/C=C\C/C=C\CCCCCCC(=O)OC(COC(=O)CCCCCCCCCCCCCCCCCCCCCCCCCCCCC/C=C\C/C=C\CCCCCCC)COP(=O)(O)OCCN. The van der Waals surface area contributed by atoms with Gasteiger partial charge in [0.2, 0.25) is 0 Å². The Morgan fingerprint density at radius 1 is 0.326 bits per heavy atom. The maximum Gasteiger partial charge on any atom is 0.472 e. The van der Waals surface area contributed by atoms with Crippen LogP contribution in [-0.2, 0) is 32.7 Å². The number of carbonyl (C=O) groups excluding carboxylic acids is 2. The zero-order valence-electron chi connectivity index (χ0n) is 61.4. The Kier molecular flexibility index (Phi) is 75.5. The third-order valence-corrected chi connectivity index (χ3v) is 17.7. The minimum absolute atomic E-state index is 0.0431. The number of esters is 2. The fourth-order valence-corrected chi connectivity index (χ4v) is 11.7. The summed E-state index contributed by atoms with van der Waals surface area (Å²) >= 11 is 0. The van der Waals surface area contributed by atoms with Crippen molar-refractivity contribution in [3.63, 3.8) is 0 Å². The smallest absolute Gasteiger partial charge is 0.462 e. The molecule has 0 radical (unpaired) electrons. The van der Waals surface area contributed by atoms with Gasteiger partial charge >= 0.3 is 19.8 Å². The molecular formula is C85H146NO8P. The lowest BCUT2D eigenvalue weighted by molar-refractivity contribution is -0.161. The molecule has 0 aliphatic carbocycles. The second kappa shape index (κ2) is 78.9. The Balaban J connectivity index is 3.89. The highest BCUT2D eigenvalue weighted by Crippen LogP contribution is 2.43. The highest BCUT2D eigenvalue weighted by molar-refractivity contribution is 7.47. The molecule has 0 heterocycles. The predicted molar refractivity (Wildman–Crippen MR) is 413 cm³/mol. The number of phosphoric ester groups is 1. The zero-order valence-corrected chi connectivity index (χ0v) is 62.3. The van der Waals surface area contributed by atoms with Crippen LogP contribution in [0.2, 0.25) is 0 Å². The minimum atomic E-state index is -4.41. The number of ether oxygens (including phenoxy) is 2. The molecule has 0 fully saturated rings. The van der Waals surface area contributed by atoms with Crippen molar-refractivity contribution < 1.29 is 37.6 Å². The van der Waals surface area contributed by atoms with Gasteiger partial charge in [0.15, 0.2) is 6.10 Å². The molecule has 10 heteroatoms. The average Bonchev–Trinajstić information content (AvgIpc) is 3.32. The molecule has 2 atom stereocenters. The number of nitrogens with two attached hydrogens (primary N) is 1. The van der Waals surface area contributed by atoms with Crippen LogP contribution in [-0.4, -0.2) is 49.3 Å². The van der Waals surface area contributed by atoms with Crippen molar-refractivity contribution in [1.29, 1.82) is 0 Å². The van der Waals surface area contributed by atoms with Crippen LogP contribution in [0.15, 0.2) is 146 Å². The number of carbonyl (C=O) groups is 2. The van der Waals surface area contributed by atoms with E-state index in [9.17, 15) is 19.0 Å². The Morgan fingerprint density at radius 3 is 0.863 bits per heavy atom. The lowest BCUT2D eigenvalue weighted by Crippen LogP contribution is -2.29. The van der Waals surface area contributed by atoms with E-state index < -0.39 is 26.5 Å². The summed E-state index contributed by atoms with van der Waals surface area (Å²) in [5.74, 6) is -0.854. The molecule has 3 N–H and O–H groups in total.